The molecule has 2 N–H and O–H groups in total. The van der Waals surface area contributed by atoms with E-state index in [1.165, 1.54) is 30.9 Å². The molecule has 7 heteroatoms. The van der Waals surface area contributed by atoms with Gasteiger partial charge in [0.05, 0.1) is 18.5 Å². The topological polar surface area (TPSA) is 93.5 Å². The van der Waals surface area contributed by atoms with Gasteiger partial charge in [-0.3, -0.25) is 9.48 Å². The maximum absolute atomic E-state index is 12.2. The summed E-state index contributed by atoms with van der Waals surface area (Å²) in [5.41, 5.74) is -0.292. The van der Waals surface area contributed by atoms with Crippen molar-refractivity contribution in [3.63, 3.8) is 0 Å². The molecule has 1 aromatic carbocycles. The highest BCUT2D eigenvalue weighted by Crippen LogP contribution is 2.18. The number of hydrogen-bond donors (Lipinski definition) is 2. The summed E-state index contributed by atoms with van der Waals surface area (Å²) in [7, 11) is 0. The number of carboxylic acid groups (broad SMARTS) is 1. The molecule has 1 heterocycles. The molecule has 0 aliphatic rings. The van der Waals surface area contributed by atoms with Crippen LogP contribution in [0.15, 0.2) is 36.7 Å². The van der Waals surface area contributed by atoms with Crippen LogP contribution < -0.4 is 10.1 Å². The van der Waals surface area contributed by atoms with Gasteiger partial charge in [0.15, 0.2) is 5.54 Å². The second-order valence-corrected chi connectivity index (χ2v) is 5.45. The van der Waals surface area contributed by atoms with Crippen LogP contribution in [-0.4, -0.2) is 33.4 Å². The van der Waals surface area contributed by atoms with Gasteiger partial charge in [-0.2, -0.15) is 5.10 Å². The number of carbonyl (C=O) groups excluding carboxylic acids is 1. The fourth-order valence-electron chi connectivity index (χ4n) is 1.86. The second-order valence-electron chi connectivity index (χ2n) is 5.45. The number of ether oxygens (including phenoxy) is 1. The van der Waals surface area contributed by atoms with Gasteiger partial charge in [-0.1, -0.05) is 0 Å². The van der Waals surface area contributed by atoms with E-state index in [4.69, 9.17) is 4.74 Å². The molecule has 7 nitrogen and oxygen atoms in total. The maximum Gasteiger partial charge on any atom is 0.331 e. The average Bonchev–Trinajstić information content (AvgIpc) is 2.97. The zero-order chi connectivity index (χ0) is 17.0. The molecule has 0 spiro atoms. The quantitative estimate of drug-likeness (QED) is 0.853. The summed E-state index contributed by atoms with van der Waals surface area (Å²) >= 11 is 0. The van der Waals surface area contributed by atoms with Gasteiger partial charge < -0.3 is 15.2 Å². The van der Waals surface area contributed by atoms with Gasteiger partial charge in [-0.05, 0) is 45.0 Å². The lowest BCUT2D eigenvalue weighted by molar-refractivity contribution is -0.146. The predicted molar refractivity (Wildman–Crippen MR) is 84.7 cm³/mol. The number of nitrogens with one attached hydrogen (secondary N) is 1. The first-order valence-electron chi connectivity index (χ1n) is 7.17. The lowest BCUT2D eigenvalue weighted by atomic mass is 10.1. The Balaban J connectivity index is 2.09. The molecular weight excluding hydrogens is 298 g/mol. The Morgan fingerprint density at radius 3 is 2.52 bits per heavy atom. The van der Waals surface area contributed by atoms with E-state index in [0.29, 0.717) is 23.6 Å². The second kappa shape index (κ2) is 6.51. The van der Waals surface area contributed by atoms with E-state index in [9.17, 15) is 14.7 Å². The van der Waals surface area contributed by atoms with Crippen LogP contribution in [-0.2, 0) is 10.3 Å². The van der Waals surface area contributed by atoms with Crippen molar-refractivity contribution in [1.82, 2.24) is 9.78 Å². The fourth-order valence-corrected chi connectivity index (χ4v) is 1.86. The zero-order valence-electron chi connectivity index (χ0n) is 13.2. The lowest BCUT2D eigenvalue weighted by Crippen LogP contribution is -2.35. The van der Waals surface area contributed by atoms with Gasteiger partial charge in [0.2, 0.25) is 0 Å². The minimum atomic E-state index is -1.19. The summed E-state index contributed by atoms with van der Waals surface area (Å²) in [6, 6.07) is 6.75. The number of aliphatic carboxylic acids is 1. The van der Waals surface area contributed by atoms with Crippen LogP contribution in [0.3, 0.4) is 0 Å². The van der Waals surface area contributed by atoms with Crippen LogP contribution in [0.5, 0.6) is 5.75 Å². The van der Waals surface area contributed by atoms with Gasteiger partial charge >= 0.3 is 5.97 Å². The number of aromatic nitrogens is 2. The van der Waals surface area contributed by atoms with Gasteiger partial charge in [-0.25, -0.2) is 4.79 Å². The lowest BCUT2D eigenvalue weighted by Gasteiger charge is -2.19. The number of amides is 1. The zero-order valence-corrected chi connectivity index (χ0v) is 13.2. The highest BCUT2D eigenvalue weighted by atomic mass is 16.5. The maximum atomic E-state index is 12.2. The Hall–Kier alpha value is -2.83. The molecule has 0 aliphatic heterocycles. The van der Waals surface area contributed by atoms with E-state index < -0.39 is 11.5 Å². The minimum absolute atomic E-state index is 0.305. The van der Waals surface area contributed by atoms with E-state index in [1.807, 2.05) is 6.92 Å². The van der Waals surface area contributed by atoms with Gasteiger partial charge in [0.1, 0.15) is 5.75 Å². The Bertz CT molecular complexity index is 704. The summed E-state index contributed by atoms with van der Waals surface area (Å²) in [4.78, 5) is 23.4. The van der Waals surface area contributed by atoms with E-state index in [0.717, 1.165) is 0 Å². The van der Waals surface area contributed by atoms with Crippen molar-refractivity contribution in [2.45, 2.75) is 26.3 Å². The molecule has 0 unspecified atom stereocenters. The molecule has 0 bridgehead atoms. The first-order chi connectivity index (χ1) is 10.8. The number of carboxylic acids is 1. The molecular formula is C16H19N3O4. The molecule has 0 saturated carbocycles. The van der Waals surface area contributed by atoms with Gasteiger partial charge in [0.25, 0.3) is 5.91 Å². The Kier molecular flexibility index (Phi) is 4.68. The highest BCUT2D eigenvalue weighted by Gasteiger charge is 2.30. The van der Waals surface area contributed by atoms with Crippen LogP contribution in [0.2, 0.25) is 0 Å². The molecule has 23 heavy (non-hydrogen) atoms. The molecule has 0 radical (unpaired) electrons. The van der Waals surface area contributed by atoms with Crippen molar-refractivity contribution in [2.75, 3.05) is 11.9 Å². The SMILES string of the molecule is CCOc1ccc(C(=O)Nc2cnn(C(C)(C)C(=O)O)c2)cc1. The molecule has 122 valence electrons. The van der Waals surface area contributed by atoms with Crippen LogP contribution in [0.4, 0.5) is 5.69 Å². The van der Waals surface area contributed by atoms with Gasteiger partial charge in [-0.15, -0.1) is 0 Å². The normalized spacial score (nSPS) is 11.1. The number of anilines is 1. The average molecular weight is 317 g/mol. The highest BCUT2D eigenvalue weighted by molar-refractivity contribution is 6.04. The largest absolute Gasteiger partial charge is 0.494 e. The molecule has 0 fully saturated rings. The molecule has 0 atom stereocenters. The van der Waals surface area contributed by atoms with Crippen LogP contribution >= 0.6 is 0 Å². The number of carbonyl (C=O) groups is 2. The minimum Gasteiger partial charge on any atom is -0.494 e. The van der Waals surface area contributed by atoms with Crippen molar-refractivity contribution in [2.24, 2.45) is 0 Å². The summed E-state index contributed by atoms with van der Waals surface area (Å²) in [5.74, 6) is -0.620. The van der Waals surface area contributed by atoms with Crippen LogP contribution in [0, 0.1) is 0 Å². The molecule has 2 rings (SSSR count). The Labute approximate surface area is 133 Å². The number of nitrogens with zero attached hydrogens (tertiary/aromatic N) is 2. The van der Waals surface area contributed by atoms with Crippen LogP contribution in [0.1, 0.15) is 31.1 Å². The van der Waals surface area contributed by atoms with Crippen molar-refractivity contribution in [1.29, 1.82) is 0 Å². The van der Waals surface area contributed by atoms with E-state index in [-0.39, 0.29) is 5.91 Å². The Morgan fingerprint density at radius 2 is 1.96 bits per heavy atom. The first-order valence-corrected chi connectivity index (χ1v) is 7.17. The number of hydrogen-bond acceptors (Lipinski definition) is 4. The van der Waals surface area contributed by atoms with Crippen molar-refractivity contribution in [3.05, 3.63) is 42.2 Å². The van der Waals surface area contributed by atoms with E-state index in [2.05, 4.69) is 10.4 Å². The fraction of sp³-hybridized carbons (Fsp3) is 0.312. The predicted octanol–water partition coefficient (Wildman–Crippen LogP) is 2.35. The van der Waals surface area contributed by atoms with Crippen molar-refractivity contribution >= 4 is 17.6 Å². The van der Waals surface area contributed by atoms with Gasteiger partial charge in [0, 0.05) is 11.8 Å². The Morgan fingerprint density at radius 1 is 1.30 bits per heavy atom. The molecule has 1 amide bonds. The molecule has 0 aliphatic carbocycles. The van der Waals surface area contributed by atoms with Crippen molar-refractivity contribution < 1.29 is 19.4 Å². The van der Waals surface area contributed by atoms with Crippen molar-refractivity contribution in [3.8, 4) is 5.75 Å². The first kappa shape index (κ1) is 16.5. The third kappa shape index (κ3) is 3.68. The van der Waals surface area contributed by atoms with Crippen LogP contribution in [0.25, 0.3) is 0 Å². The summed E-state index contributed by atoms with van der Waals surface area (Å²) < 4.78 is 6.62. The standard InChI is InChI=1S/C16H19N3O4/c1-4-23-13-7-5-11(6-8-13)14(20)18-12-9-17-19(10-12)16(2,3)15(21)22/h5-10H,4H2,1-3H3,(H,18,20)(H,21,22). The summed E-state index contributed by atoms with van der Waals surface area (Å²) in [5, 5.41) is 15.9. The summed E-state index contributed by atoms with van der Waals surface area (Å²) in [6.07, 6.45) is 2.90. The number of benzene rings is 1. The van der Waals surface area contributed by atoms with E-state index >= 15 is 0 Å². The third-order valence-corrected chi connectivity index (χ3v) is 3.36. The smallest absolute Gasteiger partial charge is 0.331 e. The van der Waals surface area contributed by atoms with E-state index in [1.54, 1.807) is 24.3 Å². The third-order valence-electron chi connectivity index (χ3n) is 3.36. The monoisotopic (exact) mass is 317 g/mol. The number of rotatable bonds is 6. The molecule has 1 aromatic heterocycles. The summed E-state index contributed by atoms with van der Waals surface area (Å²) in [6.45, 7) is 5.50. The molecule has 0 saturated heterocycles. The molecule has 2 aromatic rings.